The fourth-order valence-electron chi connectivity index (χ4n) is 0.865. The van der Waals surface area contributed by atoms with Crippen molar-refractivity contribution in [2.45, 2.75) is 12.8 Å². The minimum Gasteiger partial charge on any atom is -0.0808 e. The molecule has 0 heteroatoms. The maximum Gasteiger partial charge on any atom is -0.0163 e. The summed E-state index contributed by atoms with van der Waals surface area (Å²) in [5, 5.41) is 0. The molecular weight excluding hydrogens is 144 g/mol. The predicted octanol–water partition coefficient (Wildman–Crippen LogP) is 3.36. The van der Waals surface area contributed by atoms with Gasteiger partial charge in [-0.2, -0.15) is 0 Å². The van der Waals surface area contributed by atoms with Gasteiger partial charge in [0.15, 0.2) is 0 Å². The summed E-state index contributed by atoms with van der Waals surface area (Å²) in [6.45, 7) is 0. The van der Waals surface area contributed by atoms with Gasteiger partial charge >= 0.3 is 0 Å². The normalized spacial score (nSPS) is 30.7. The third kappa shape index (κ3) is 4.51. The number of rotatable bonds is 0. The summed E-state index contributed by atoms with van der Waals surface area (Å²) in [6.07, 6.45) is 23.5. The monoisotopic (exact) mass is 157 g/mol. The van der Waals surface area contributed by atoms with Crippen molar-refractivity contribution in [3.8, 4) is 0 Å². The summed E-state index contributed by atoms with van der Waals surface area (Å²) < 4.78 is 0. The predicted molar refractivity (Wildman–Crippen MR) is 53.6 cm³/mol. The molecule has 1 aliphatic rings. The van der Waals surface area contributed by atoms with Crippen molar-refractivity contribution in [1.29, 1.82) is 0 Å². The van der Waals surface area contributed by atoms with Crippen molar-refractivity contribution in [3.05, 3.63) is 60.8 Å². The largest absolute Gasteiger partial charge is 0.0808 e. The van der Waals surface area contributed by atoms with Crippen molar-refractivity contribution in [2.75, 3.05) is 0 Å². The Kier molecular flexibility index (Phi) is 4.70. The Morgan fingerprint density at radius 2 is 1.42 bits per heavy atom. The zero-order valence-electron chi connectivity index (χ0n) is 7.11. The van der Waals surface area contributed by atoms with Crippen LogP contribution in [0.25, 0.3) is 0 Å². The molecule has 0 heterocycles. The zero-order valence-corrected chi connectivity index (χ0v) is 7.11. The van der Waals surface area contributed by atoms with Gasteiger partial charge in [0.25, 0.3) is 0 Å². The van der Waals surface area contributed by atoms with E-state index in [1.54, 1.807) is 0 Å². The highest BCUT2D eigenvalue weighted by Crippen LogP contribution is 1.92. The van der Waals surface area contributed by atoms with Gasteiger partial charge in [-0.1, -0.05) is 54.7 Å². The van der Waals surface area contributed by atoms with E-state index in [9.17, 15) is 0 Å². The van der Waals surface area contributed by atoms with Crippen LogP contribution < -0.4 is 0 Å². The number of hydrogen-bond donors (Lipinski definition) is 0. The lowest BCUT2D eigenvalue weighted by Crippen LogP contribution is -1.62. The van der Waals surface area contributed by atoms with Crippen LogP contribution in [-0.4, -0.2) is 0 Å². The second-order valence-corrected chi connectivity index (χ2v) is 2.49. The van der Waals surface area contributed by atoms with E-state index in [0.29, 0.717) is 0 Å². The summed E-state index contributed by atoms with van der Waals surface area (Å²) in [4.78, 5) is 0. The van der Waals surface area contributed by atoms with Crippen molar-refractivity contribution < 1.29 is 0 Å². The lowest BCUT2D eigenvalue weighted by molar-refractivity contribution is 1.36. The lowest BCUT2D eigenvalue weighted by atomic mass is 10.2. The third-order valence-electron chi connectivity index (χ3n) is 1.47. The molecule has 0 N–H and O–H groups in total. The average Bonchev–Trinajstić information content (AvgIpc) is 2.05. The van der Waals surface area contributed by atoms with Gasteiger partial charge in [0, 0.05) is 0 Å². The average molecular weight is 157 g/mol. The standard InChI is InChI=1S/C12H13/c1-2-4-6-8-10-12-11-9-7-5-3-1/h1-4,7-11H,5-6H2/b3-1+,4-2-,9-7+,10-8+,12-11?. The first-order valence-electron chi connectivity index (χ1n) is 4.21. The maximum absolute atomic E-state index is 3.05. The molecule has 0 aromatic rings. The summed E-state index contributed by atoms with van der Waals surface area (Å²) in [7, 11) is 0. The van der Waals surface area contributed by atoms with Gasteiger partial charge in [-0.3, -0.25) is 0 Å². The Hall–Kier alpha value is -1.30. The van der Waals surface area contributed by atoms with Crippen molar-refractivity contribution in [3.63, 3.8) is 0 Å². The molecule has 0 nitrogen and oxygen atoms in total. The minimum atomic E-state index is 0.981. The van der Waals surface area contributed by atoms with E-state index in [0.717, 1.165) is 12.8 Å². The van der Waals surface area contributed by atoms with E-state index in [-0.39, 0.29) is 0 Å². The number of hydrogen-bond acceptors (Lipinski definition) is 0. The Bertz CT molecular complexity index is 211. The van der Waals surface area contributed by atoms with Gasteiger partial charge in [0.2, 0.25) is 0 Å². The Morgan fingerprint density at radius 3 is 2.25 bits per heavy atom. The summed E-state index contributed by atoms with van der Waals surface area (Å²) >= 11 is 0. The molecule has 0 saturated heterocycles. The quantitative estimate of drug-likeness (QED) is 0.505. The van der Waals surface area contributed by atoms with Gasteiger partial charge in [0.1, 0.15) is 0 Å². The van der Waals surface area contributed by atoms with Crippen LogP contribution >= 0.6 is 0 Å². The van der Waals surface area contributed by atoms with E-state index in [1.807, 2.05) is 18.2 Å². The van der Waals surface area contributed by atoms with Crippen LogP contribution in [0, 0.1) is 6.08 Å². The Balaban J connectivity index is 2.55. The highest BCUT2D eigenvalue weighted by molar-refractivity contribution is 5.12. The molecule has 0 aromatic carbocycles. The van der Waals surface area contributed by atoms with Crippen molar-refractivity contribution in [2.24, 2.45) is 0 Å². The molecule has 61 valence electrons. The minimum absolute atomic E-state index is 0.981. The van der Waals surface area contributed by atoms with E-state index < -0.39 is 0 Å². The van der Waals surface area contributed by atoms with Gasteiger partial charge in [-0.05, 0) is 18.9 Å². The van der Waals surface area contributed by atoms with Crippen molar-refractivity contribution in [1.82, 2.24) is 0 Å². The second kappa shape index (κ2) is 6.41. The Morgan fingerprint density at radius 1 is 0.750 bits per heavy atom. The molecule has 0 spiro atoms. The lowest BCUT2D eigenvalue weighted by Gasteiger charge is -1.82. The Labute approximate surface area is 74.3 Å². The molecule has 0 bridgehead atoms. The molecule has 1 aliphatic carbocycles. The number of allylic oxidation sites excluding steroid dienone is 10. The molecule has 0 aliphatic heterocycles. The smallest absolute Gasteiger partial charge is 0.0163 e. The molecule has 0 aromatic heterocycles. The topological polar surface area (TPSA) is 0 Å². The van der Waals surface area contributed by atoms with Gasteiger partial charge < -0.3 is 0 Å². The molecule has 0 atom stereocenters. The molecular formula is C12H13. The van der Waals surface area contributed by atoms with Crippen LogP contribution in [0.1, 0.15) is 12.8 Å². The van der Waals surface area contributed by atoms with Crippen LogP contribution in [0.4, 0.5) is 0 Å². The summed E-state index contributed by atoms with van der Waals surface area (Å²) in [5.41, 5.74) is 0. The fraction of sp³-hybridized carbons (Fsp3) is 0.167. The summed E-state index contributed by atoms with van der Waals surface area (Å²) in [6, 6.07) is 0. The summed E-state index contributed by atoms with van der Waals surface area (Å²) in [5.74, 6) is 0. The van der Waals surface area contributed by atoms with Crippen molar-refractivity contribution >= 4 is 0 Å². The second-order valence-electron chi connectivity index (χ2n) is 2.49. The molecule has 0 amide bonds. The zero-order chi connectivity index (χ0) is 8.49. The first-order chi connectivity index (χ1) is 6.00. The fourth-order valence-corrected chi connectivity index (χ4v) is 0.865. The third-order valence-corrected chi connectivity index (χ3v) is 1.47. The highest BCUT2D eigenvalue weighted by atomic mass is 13.8. The van der Waals surface area contributed by atoms with E-state index >= 15 is 0 Å². The molecule has 0 saturated carbocycles. The van der Waals surface area contributed by atoms with Gasteiger partial charge in [0.05, 0.1) is 0 Å². The molecule has 0 unspecified atom stereocenters. The van der Waals surface area contributed by atoms with Gasteiger partial charge in [-0.25, -0.2) is 0 Å². The first kappa shape index (κ1) is 8.79. The highest BCUT2D eigenvalue weighted by Gasteiger charge is 1.72. The van der Waals surface area contributed by atoms with Crippen LogP contribution in [0.2, 0.25) is 0 Å². The molecule has 1 rings (SSSR count). The van der Waals surface area contributed by atoms with Crippen LogP contribution in [0.5, 0.6) is 0 Å². The van der Waals surface area contributed by atoms with Crippen LogP contribution in [-0.2, 0) is 0 Å². The molecule has 12 heavy (non-hydrogen) atoms. The molecule has 1 radical (unpaired) electrons. The maximum atomic E-state index is 3.05. The first-order valence-corrected chi connectivity index (χ1v) is 4.21. The van der Waals surface area contributed by atoms with E-state index in [4.69, 9.17) is 0 Å². The SMILES string of the molecule is [C]1=C\C=C\C/C=C/C=C\C/C=C/1. The van der Waals surface area contributed by atoms with E-state index in [1.165, 1.54) is 0 Å². The van der Waals surface area contributed by atoms with E-state index in [2.05, 4.69) is 42.5 Å². The molecule has 0 fully saturated rings. The van der Waals surface area contributed by atoms with Crippen LogP contribution in [0.3, 0.4) is 0 Å². The van der Waals surface area contributed by atoms with Gasteiger partial charge in [-0.15, -0.1) is 0 Å². The van der Waals surface area contributed by atoms with Crippen LogP contribution in [0.15, 0.2) is 54.7 Å².